The fourth-order valence-corrected chi connectivity index (χ4v) is 5.94. The number of carbonyl (C=O) groups excluding carboxylic acids is 2. The third kappa shape index (κ3) is 40.7. The fraction of sp³-hybridized carbons (Fsp3) is 0.800. The predicted molar refractivity (Wildman–Crippen MR) is 200 cm³/mol. The van der Waals surface area contributed by atoms with Crippen molar-refractivity contribution in [2.45, 2.75) is 38.9 Å². The molecular formula is C30H58N2O16S4. The van der Waals surface area contributed by atoms with E-state index in [1.165, 1.54) is 25.6 Å². The maximum absolute atomic E-state index is 11.8. The second-order valence-electron chi connectivity index (χ2n) is 10.8. The van der Waals surface area contributed by atoms with E-state index in [4.69, 9.17) is 34.6 Å². The zero-order chi connectivity index (χ0) is 40.6. The van der Waals surface area contributed by atoms with Crippen molar-refractivity contribution in [2.75, 3.05) is 114 Å². The van der Waals surface area contributed by atoms with Gasteiger partial charge in [-0.2, -0.15) is 24.4 Å². The molecule has 308 valence electrons. The van der Waals surface area contributed by atoms with Crippen molar-refractivity contribution in [3.05, 3.63) is 12.0 Å². The Bertz CT molecular complexity index is 1200. The molecule has 18 nitrogen and oxygen atoms in total. The normalized spacial score (nSPS) is 12.5. The van der Waals surface area contributed by atoms with Gasteiger partial charge in [0, 0.05) is 48.8 Å². The van der Waals surface area contributed by atoms with Crippen LogP contribution in [0.1, 0.15) is 26.7 Å². The molecule has 0 bridgehead atoms. The first-order chi connectivity index (χ1) is 24.2. The Morgan fingerprint density at radius 2 is 1.15 bits per heavy atom. The minimum atomic E-state index is -3.21. The van der Waals surface area contributed by atoms with E-state index in [2.05, 4.69) is 23.9 Å². The first-order valence-corrected chi connectivity index (χ1v) is 21.4. The lowest BCUT2D eigenvalue weighted by molar-refractivity contribution is -0.152. The van der Waals surface area contributed by atoms with E-state index in [0.717, 1.165) is 5.41 Å². The van der Waals surface area contributed by atoms with E-state index >= 15 is 0 Å². The molecular weight excluding hydrogens is 773 g/mol. The van der Waals surface area contributed by atoms with Gasteiger partial charge in [0.15, 0.2) is 19.7 Å². The number of ether oxygens (including phenoxy) is 4. The van der Waals surface area contributed by atoms with Crippen molar-refractivity contribution < 1.29 is 75.4 Å². The number of aliphatic hydroxyl groups is 2. The number of hydrogen-bond acceptors (Lipinski definition) is 18. The summed E-state index contributed by atoms with van der Waals surface area (Å²) < 4.78 is 65.4. The van der Waals surface area contributed by atoms with Gasteiger partial charge in [-0.15, -0.1) is 0 Å². The molecule has 0 aromatic rings. The van der Waals surface area contributed by atoms with E-state index in [1.54, 1.807) is 14.1 Å². The van der Waals surface area contributed by atoms with Crippen molar-refractivity contribution in [2.24, 2.45) is 0 Å². The van der Waals surface area contributed by atoms with Crippen LogP contribution in [0, 0.1) is 0 Å². The number of thioether (sulfide) groups is 1. The SMILES string of the molecule is C=CS(=O)(=O)CCOCCN(C)CCC(=O)O.CC(O)C(=O)OCCS.CC(O)C(=O)OCCSCCS(=O)(=O)CCOCCN(C)CCC(=O)O. The number of sulfone groups is 2. The highest BCUT2D eigenvalue weighted by Gasteiger charge is 2.13. The third-order valence-corrected chi connectivity index (χ3v) is 10.2. The molecule has 0 spiro atoms. The fourth-order valence-electron chi connectivity index (χ4n) is 2.86. The van der Waals surface area contributed by atoms with Gasteiger partial charge in [0.2, 0.25) is 0 Å². The number of aliphatic carboxylic acids is 2. The van der Waals surface area contributed by atoms with Crippen molar-refractivity contribution in [1.82, 2.24) is 9.80 Å². The van der Waals surface area contributed by atoms with Crippen LogP contribution in [0.25, 0.3) is 0 Å². The third-order valence-electron chi connectivity index (χ3n) is 5.98. The number of aliphatic hydroxyl groups excluding tert-OH is 2. The highest BCUT2D eigenvalue weighted by Crippen LogP contribution is 2.04. The Balaban J connectivity index is -0.000000786. The molecule has 0 aromatic heterocycles. The van der Waals surface area contributed by atoms with E-state index in [0.29, 0.717) is 56.7 Å². The molecule has 4 N–H and O–H groups in total. The molecule has 0 radical (unpaired) electrons. The molecule has 0 amide bonds. The van der Waals surface area contributed by atoms with Crippen LogP contribution in [-0.4, -0.2) is 198 Å². The molecule has 0 aliphatic heterocycles. The number of carboxylic acid groups (broad SMARTS) is 2. The van der Waals surface area contributed by atoms with Crippen LogP contribution in [0.5, 0.6) is 0 Å². The summed E-state index contributed by atoms with van der Waals surface area (Å²) in [5.41, 5.74) is 0. The molecule has 22 heteroatoms. The van der Waals surface area contributed by atoms with E-state index in [-0.39, 0.29) is 56.5 Å². The number of carboxylic acids is 2. The van der Waals surface area contributed by atoms with Crippen LogP contribution < -0.4 is 0 Å². The standard InChI is InChI=1S/C15H29NO8S2.C10H19NO5S.C5H10O3S/c1-13(17)15(20)24-7-9-25-10-12-26(21,22)11-8-23-6-5-16(2)4-3-14(18)19;1-3-17(14,15)9-8-16-7-6-11(2)5-4-10(12)13;1-4(6)5(7)8-2-3-9/h13,17H,3-12H2,1-2H3,(H,18,19);3H,1,4-9H2,2H3,(H,12,13);4,6,9H,2-3H2,1H3. The van der Waals surface area contributed by atoms with Gasteiger partial charge >= 0.3 is 23.9 Å². The lowest BCUT2D eigenvalue weighted by Crippen LogP contribution is -2.27. The van der Waals surface area contributed by atoms with Crippen LogP contribution in [-0.2, 0) is 57.8 Å². The van der Waals surface area contributed by atoms with Gasteiger partial charge < -0.3 is 49.2 Å². The number of likely N-dealkylation sites (N-methyl/N-ethyl adjacent to an activating group) is 2. The quantitative estimate of drug-likeness (QED) is 0.0354. The summed E-state index contributed by atoms with van der Waals surface area (Å²) in [5.74, 6) is -1.76. The lowest BCUT2D eigenvalue weighted by atomic mass is 10.4. The second-order valence-corrected chi connectivity index (χ2v) is 16.9. The monoisotopic (exact) mass is 830 g/mol. The van der Waals surface area contributed by atoms with Crippen molar-refractivity contribution in [3.63, 3.8) is 0 Å². The Morgan fingerprint density at radius 3 is 1.56 bits per heavy atom. The van der Waals surface area contributed by atoms with Crippen molar-refractivity contribution >= 4 is 67.9 Å². The Kier molecular flexibility index (Phi) is 35.0. The van der Waals surface area contributed by atoms with Gasteiger partial charge in [-0.25, -0.2) is 26.4 Å². The first-order valence-electron chi connectivity index (χ1n) is 16.1. The zero-order valence-corrected chi connectivity index (χ0v) is 33.8. The van der Waals surface area contributed by atoms with Crippen LogP contribution in [0.2, 0.25) is 0 Å². The smallest absolute Gasteiger partial charge is 0.334 e. The summed E-state index contributed by atoms with van der Waals surface area (Å²) >= 11 is 5.16. The minimum Gasteiger partial charge on any atom is -0.481 e. The Hall–Kier alpha value is -2.02. The summed E-state index contributed by atoms with van der Waals surface area (Å²) in [6, 6.07) is 0. The van der Waals surface area contributed by atoms with Gasteiger partial charge in [-0.05, 0) is 27.9 Å². The average molecular weight is 831 g/mol. The molecule has 0 saturated heterocycles. The summed E-state index contributed by atoms with van der Waals surface area (Å²) in [6.07, 6.45) is -2.04. The van der Waals surface area contributed by atoms with E-state index < -0.39 is 55.8 Å². The molecule has 0 rings (SSSR count). The zero-order valence-electron chi connectivity index (χ0n) is 30.4. The topological polar surface area (TPSA) is 261 Å². The molecule has 0 saturated carbocycles. The molecule has 0 heterocycles. The van der Waals surface area contributed by atoms with Gasteiger partial charge in [0.25, 0.3) is 0 Å². The average Bonchev–Trinajstić information content (AvgIpc) is 3.06. The van der Waals surface area contributed by atoms with Crippen molar-refractivity contribution in [3.8, 4) is 0 Å². The minimum absolute atomic E-state index is 0.0177. The summed E-state index contributed by atoms with van der Waals surface area (Å²) in [7, 11) is -2.84. The van der Waals surface area contributed by atoms with E-state index in [1.807, 2.05) is 9.80 Å². The highest BCUT2D eigenvalue weighted by atomic mass is 32.2. The Labute approximate surface area is 317 Å². The Morgan fingerprint density at radius 1 is 0.712 bits per heavy atom. The predicted octanol–water partition coefficient (Wildman–Crippen LogP) is -0.710. The molecule has 0 aliphatic carbocycles. The maximum atomic E-state index is 11.8. The van der Waals surface area contributed by atoms with Crippen LogP contribution >= 0.6 is 24.4 Å². The lowest BCUT2D eigenvalue weighted by Gasteiger charge is -2.15. The van der Waals surface area contributed by atoms with Crippen LogP contribution in [0.3, 0.4) is 0 Å². The first kappa shape index (κ1) is 54.3. The second kappa shape index (κ2) is 33.5. The van der Waals surface area contributed by atoms with Gasteiger partial charge in [0.05, 0.1) is 56.5 Å². The number of hydrogen-bond donors (Lipinski definition) is 5. The number of thiol groups is 1. The molecule has 2 atom stereocenters. The van der Waals surface area contributed by atoms with Crippen LogP contribution in [0.15, 0.2) is 12.0 Å². The number of nitrogens with zero attached hydrogens (tertiary/aromatic N) is 2. The summed E-state index contributed by atoms with van der Waals surface area (Å²) in [4.78, 5) is 45.7. The highest BCUT2D eigenvalue weighted by molar-refractivity contribution is 8.00. The van der Waals surface area contributed by atoms with Gasteiger partial charge in [-0.1, -0.05) is 6.58 Å². The van der Waals surface area contributed by atoms with Gasteiger partial charge in [-0.3, -0.25) is 9.59 Å². The molecule has 0 aliphatic rings. The maximum Gasteiger partial charge on any atom is 0.334 e. The largest absolute Gasteiger partial charge is 0.481 e. The summed E-state index contributed by atoms with van der Waals surface area (Å²) in [6.45, 7) is 9.18. The van der Waals surface area contributed by atoms with Crippen LogP contribution in [0.4, 0.5) is 0 Å². The molecule has 0 aromatic carbocycles. The van der Waals surface area contributed by atoms with E-state index in [9.17, 15) is 36.0 Å². The van der Waals surface area contributed by atoms with Crippen molar-refractivity contribution in [1.29, 1.82) is 0 Å². The summed E-state index contributed by atoms with van der Waals surface area (Å²) in [5, 5.41) is 35.4. The number of carbonyl (C=O) groups is 4. The number of rotatable bonds is 29. The molecule has 52 heavy (non-hydrogen) atoms. The van der Waals surface area contributed by atoms with Gasteiger partial charge in [0.1, 0.15) is 25.4 Å². The number of esters is 2. The molecule has 0 fully saturated rings. The molecule has 2 unspecified atom stereocenters.